The molecule has 0 aliphatic carbocycles. The second-order valence-corrected chi connectivity index (χ2v) is 8.15. The van der Waals surface area contributed by atoms with Crippen LogP contribution in [0.15, 0.2) is 59.5 Å². The van der Waals surface area contributed by atoms with E-state index in [2.05, 4.69) is 15.5 Å². The number of carbonyl (C=O) groups is 1. The van der Waals surface area contributed by atoms with E-state index in [1.807, 2.05) is 55.5 Å². The van der Waals surface area contributed by atoms with Crippen molar-refractivity contribution in [1.29, 1.82) is 0 Å². The number of anilines is 1. The lowest BCUT2D eigenvalue weighted by molar-refractivity contribution is -0.120. The van der Waals surface area contributed by atoms with Crippen LogP contribution in [0, 0.1) is 5.82 Å². The Labute approximate surface area is 181 Å². The third-order valence-electron chi connectivity index (χ3n) is 5.11. The van der Waals surface area contributed by atoms with Gasteiger partial charge in [0.1, 0.15) is 5.82 Å². The molecule has 1 heterocycles. The van der Waals surface area contributed by atoms with E-state index in [0.717, 1.165) is 46.9 Å². The molecule has 0 fully saturated rings. The average molecular weight is 427 g/mol. The number of nitrogens with zero attached hydrogens (tertiary/aromatic N) is 2. The smallest absolute Gasteiger partial charge is 0.241 e. The van der Waals surface area contributed by atoms with Crippen LogP contribution in [0.25, 0.3) is 11.3 Å². The summed E-state index contributed by atoms with van der Waals surface area (Å²) >= 11 is 1.65. The van der Waals surface area contributed by atoms with Crippen LogP contribution < -0.4 is 5.32 Å². The van der Waals surface area contributed by atoms with E-state index in [4.69, 9.17) is 0 Å². The van der Waals surface area contributed by atoms with Crippen molar-refractivity contribution in [3.8, 4) is 11.3 Å². The topological polar surface area (TPSA) is 61.0 Å². The van der Waals surface area contributed by atoms with Crippen LogP contribution in [0.1, 0.15) is 19.0 Å². The van der Waals surface area contributed by atoms with Gasteiger partial charge in [-0.15, -0.1) is 11.8 Å². The highest BCUT2D eigenvalue weighted by molar-refractivity contribution is 7.98. The quantitative estimate of drug-likeness (QED) is 0.481. The molecule has 0 saturated carbocycles. The first-order chi connectivity index (χ1) is 14.5. The summed E-state index contributed by atoms with van der Waals surface area (Å²) in [6.07, 6.45) is 3.73. The van der Waals surface area contributed by atoms with Crippen molar-refractivity contribution in [3.63, 3.8) is 0 Å². The van der Waals surface area contributed by atoms with Gasteiger partial charge in [0, 0.05) is 21.8 Å². The molecule has 7 heteroatoms. The van der Waals surface area contributed by atoms with Gasteiger partial charge in [-0.3, -0.25) is 14.8 Å². The molecule has 30 heavy (non-hydrogen) atoms. The van der Waals surface area contributed by atoms with Gasteiger partial charge in [-0.25, -0.2) is 4.39 Å². The molecular weight excluding hydrogens is 399 g/mol. The number of rotatable bonds is 9. The third-order valence-corrected chi connectivity index (χ3v) is 5.83. The number of likely N-dealkylation sites (N-methyl/N-ethyl adjacent to an activating group) is 1. The van der Waals surface area contributed by atoms with Gasteiger partial charge >= 0.3 is 0 Å². The molecule has 3 aromatic rings. The molecule has 1 atom stereocenters. The van der Waals surface area contributed by atoms with Crippen LogP contribution >= 0.6 is 11.8 Å². The fourth-order valence-electron chi connectivity index (χ4n) is 3.12. The summed E-state index contributed by atoms with van der Waals surface area (Å²) in [5, 5.41) is 10.3. The Kier molecular flexibility index (Phi) is 7.65. The minimum Gasteiger partial charge on any atom is -0.325 e. The van der Waals surface area contributed by atoms with Crippen molar-refractivity contribution in [2.45, 2.75) is 30.7 Å². The summed E-state index contributed by atoms with van der Waals surface area (Å²) < 4.78 is 13.1. The number of aromatic amines is 1. The Balaban J connectivity index is 1.47. The zero-order valence-electron chi connectivity index (χ0n) is 17.5. The van der Waals surface area contributed by atoms with Crippen molar-refractivity contribution in [2.75, 3.05) is 25.2 Å². The van der Waals surface area contributed by atoms with Crippen molar-refractivity contribution < 1.29 is 9.18 Å². The Morgan fingerprint density at radius 1 is 1.23 bits per heavy atom. The number of carbonyl (C=O) groups excluding carboxylic acids is 1. The van der Waals surface area contributed by atoms with Gasteiger partial charge in [0.05, 0.1) is 11.7 Å². The van der Waals surface area contributed by atoms with Crippen molar-refractivity contribution >= 4 is 23.4 Å². The summed E-state index contributed by atoms with van der Waals surface area (Å²) in [7, 11) is 1.96. The number of amides is 1. The van der Waals surface area contributed by atoms with E-state index in [-0.39, 0.29) is 17.8 Å². The molecule has 2 aromatic carbocycles. The van der Waals surface area contributed by atoms with Crippen molar-refractivity contribution in [2.24, 2.45) is 0 Å². The molecule has 0 saturated heterocycles. The van der Waals surface area contributed by atoms with Gasteiger partial charge in [-0.05, 0) is 88.1 Å². The standard InChI is InChI=1S/C23H27FN4OS/c1-16(23(29)25-19-6-4-8-21(14-19)30-3)28(2)13-5-7-20-15-22(27-26-20)17-9-11-18(24)12-10-17/h4,6,8-12,14-16H,5,7,13H2,1-3H3,(H,25,29)(H,26,27). The molecule has 5 nitrogen and oxygen atoms in total. The second kappa shape index (κ2) is 10.4. The molecule has 0 aliphatic rings. The number of nitrogens with one attached hydrogen (secondary N) is 2. The molecular formula is C23H27FN4OS. The number of aryl methyl sites for hydroxylation is 1. The zero-order valence-corrected chi connectivity index (χ0v) is 18.3. The van der Waals surface area contributed by atoms with Gasteiger partial charge in [0.15, 0.2) is 0 Å². The fraction of sp³-hybridized carbons (Fsp3) is 0.304. The number of hydrogen-bond acceptors (Lipinski definition) is 4. The lowest BCUT2D eigenvalue weighted by atomic mass is 10.1. The van der Waals surface area contributed by atoms with Crippen LogP contribution in [-0.2, 0) is 11.2 Å². The number of hydrogen-bond donors (Lipinski definition) is 2. The zero-order chi connectivity index (χ0) is 21.5. The Morgan fingerprint density at radius 3 is 2.73 bits per heavy atom. The molecule has 2 N–H and O–H groups in total. The molecule has 1 aromatic heterocycles. The highest BCUT2D eigenvalue weighted by Gasteiger charge is 2.18. The predicted molar refractivity (Wildman–Crippen MR) is 121 cm³/mol. The number of benzene rings is 2. The van der Waals surface area contributed by atoms with Crippen LogP contribution in [0.3, 0.4) is 0 Å². The maximum Gasteiger partial charge on any atom is 0.241 e. The largest absolute Gasteiger partial charge is 0.325 e. The SMILES string of the molecule is CSc1cccc(NC(=O)C(C)N(C)CCCc2cc(-c3ccc(F)cc3)n[nH]2)c1. The Hall–Kier alpha value is -2.64. The van der Waals surface area contributed by atoms with Crippen LogP contribution in [0.5, 0.6) is 0 Å². The van der Waals surface area contributed by atoms with E-state index in [0.29, 0.717) is 0 Å². The molecule has 0 aliphatic heterocycles. The summed E-state index contributed by atoms with van der Waals surface area (Å²) in [5.74, 6) is -0.274. The predicted octanol–water partition coefficient (Wildman–Crippen LogP) is 4.83. The van der Waals surface area contributed by atoms with Gasteiger partial charge in [0.25, 0.3) is 0 Å². The first kappa shape index (κ1) is 22.1. The second-order valence-electron chi connectivity index (χ2n) is 7.27. The van der Waals surface area contributed by atoms with E-state index in [1.165, 1.54) is 12.1 Å². The average Bonchev–Trinajstić information content (AvgIpc) is 3.22. The molecule has 158 valence electrons. The highest BCUT2D eigenvalue weighted by atomic mass is 32.2. The van der Waals surface area contributed by atoms with Crippen LogP contribution in [-0.4, -0.2) is 46.9 Å². The lowest BCUT2D eigenvalue weighted by Crippen LogP contribution is -2.40. The normalized spacial score (nSPS) is 12.2. The van der Waals surface area contributed by atoms with Gasteiger partial charge in [0.2, 0.25) is 5.91 Å². The van der Waals surface area contributed by atoms with Crippen LogP contribution in [0.4, 0.5) is 10.1 Å². The number of thioether (sulfide) groups is 1. The minimum atomic E-state index is -0.257. The monoisotopic (exact) mass is 426 g/mol. The first-order valence-electron chi connectivity index (χ1n) is 9.91. The van der Waals surface area contributed by atoms with Gasteiger partial charge < -0.3 is 5.32 Å². The van der Waals surface area contributed by atoms with Crippen molar-refractivity contribution in [1.82, 2.24) is 15.1 Å². The van der Waals surface area contributed by atoms with E-state index in [1.54, 1.807) is 23.9 Å². The molecule has 3 rings (SSSR count). The maximum atomic E-state index is 13.1. The summed E-state index contributed by atoms with van der Waals surface area (Å²) in [6, 6.07) is 15.9. The van der Waals surface area contributed by atoms with Gasteiger partial charge in [-0.2, -0.15) is 5.10 Å². The highest BCUT2D eigenvalue weighted by Crippen LogP contribution is 2.20. The molecule has 0 radical (unpaired) electrons. The van der Waals surface area contributed by atoms with E-state index >= 15 is 0 Å². The first-order valence-corrected chi connectivity index (χ1v) is 11.1. The van der Waals surface area contributed by atoms with E-state index < -0.39 is 0 Å². The van der Waals surface area contributed by atoms with Crippen LogP contribution in [0.2, 0.25) is 0 Å². The Morgan fingerprint density at radius 2 is 2.00 bits per heavy atom. The number of aromatic nitrogens is 2. The lowest BCUT2D eigenvalue weighted by Gasteiger charge is -2.23. The number of H-pyrrole nitrogens is 1. The minimum absolute atomic E-state index is 0.0177. The van der Waals surface area contributed by atoms with Crippen molar-refractivity contribution in [3.05, 3.63) is 66.1 Å². The molecule has 1 amide bonds. The molecule has 1 unspecified atom stereocenters. The Bertz CT molecular complexity index is 973. The summed E-state index contributed by atoms with van der Waals surface area (Å²) in [4.78, 5) is 15.7. The summed E-state index contributed by atoms with van der Waals surface area (Å²) in [6.45, 7) is 2.70. The fourth-order valence-corrected chi connectivity index (χ4v) is 3.58. The summed E-state index contributed by atoms with van der Waals surface area (Å²) in [5.41, 5.74) is 3.53. The molecule has 0 spiro atoms. The maximum absolute atomic E-state index is 13.1. The number of halogens is 1. The van der Waals surface area contributed by atoms with Gasteiger partial charge in [-0.1, -0.05) is 6.07 Å². The third kappa shape index (κ3) is 5.93. The van der Waals surface area contributed by atoms with E-state index in [9.17, 15) is 9.18 Å². The molecule has 0 bridgehead atoms.